The number of aliphatic hydroxyl groups excluding tert-OH is 1. The highest BCUT2D eigenvalue weighted by atomic mass is 35.5. The van der Waals surface area contributed by atoms with Crippen molar-refractivity contribution in [3.05, 3.63) is 33.8 Å². The third kappa shape index (κ3) is 2.96. The second kappa shape index (κ2) is 6.35. The first-order valence-corrected chi connectivity index (χ1v) is 7.82. The van der Waals surface area contributed by atoms with Crippen molar-refractivity contribution in [3.8, 4) is 6.07 Å². The molecule has 1 aromatic carbocycles. The van der Waals surface area contributed by atoms with E-state index in [0.29, 0.717) is 21.5 Å². The molecule has 0 heterocycles. The molecular weight excluding hydrogens is 293 g/mol. The van der Waals surface area contributed by atoms with Gasteiger partial charge in [0, 0.05) is 15.6 Å². The first-order chi connectivity index (χ1) is 9.52. The van der Waals surface area contributed by atoms with Gasteiger partial charge in [0.15, 0.2) is 0 Å². The monoisotopic (exact) mass is 311 g/mol. The number of nitrogens with zero attached hydrogens (tertiary/aromatic N) is 1. The van der Waals surface area contributed by atoms with Crippen LogP contribution in [-0.2, 0) is 0 Å². The topological polar surface area (TPSA) is 44.0 Å². The molecule has 1 N–H and O–H groups in total. The number of halogens is 2. The first-order valence-electron chi connectivity index (χ1n) is 7.06. The van der Waals surface area contributed by atoms with Crippen molar-refractivity contribution in [2.45, 2.75) is 45.1 Å². The molecule has 0 amide bonds. The van der Waals surface area contributed by atoms with Crippen LogP contribution in [0.25, 0.3) is 0 Å². The first kappa shape index (κ1) is 15.6. The summed E-state index contributed by atoms with van der Waals surface area (Å²) in [4.78, 5) is 0. The van der Waals surface area contributed by atoms with Gasteiger partial charge >= 0.3 is 0 Å². The lowest BCUT2D eigenvalue weighted by atomic mass is 9.66. The smallest absolute Gasteiger partial charge is 0.0990 e. The molecule has 2 rings (SSSR count). The molecule has 1 saturated carbocycles. The highest BCUT2D eigenvalue weighted by Gasteiger charge is 2.42. The van der Waals surface area contributed by atoms with E-state index in [0.717, 1.165) is 32.1 Å². The fraction of sp³-hybridized carbons (Fsp3) is 0.562. The van der Waals surface area contributed by atoms with Gasteiger partial charge in [-0.2, -0.15) is 5.26 Å². The standard InChI is InChI=1S/C16H19Cl2NO/c1-2-11-5-7-16(10-19,8-6-11)15(20)13-4-3-12(17)9-14(13)18/h3-4,9,11,15,20H,2,5-8H2,1H3. The van der Waals surface area contributed by atoms with Crippen LogP contribution in [0.4, 0.5) is 0 Å². The van der Waals surface area contributed by atoms with Crippen molar-refractivity contribution < 1.29 is 5.11 Å². The fourth-order valence-electron chi connectivity index (χ4n) is 3.07. The number of nitriles is 1. The van der Waals surface area contributed by atoms with Crippen LogP contribution in [0, 0.1) is 22.7 Å². The van der Waals surface area contributed by atoms with E-state index in [4.69, 9.17) is 23.2 Å². The van der Waals surface area contributed by atoms with E-state index in [-0.39, 0.29) is 0 Å². The minimum Gasteiger partial charge on any atom is -0.387 e. The number of hydrogen-bond acceptors (Lipinski definition) is 2. The average molecular weight is 312 g/mol. The van der Waals surface area contributed by atoms with E-state index in [2.05, 4.69) is 13.0 Å². The molecule has 0 saturated heterocycles. The summed E-state index contributed by atoms with van der Waals surface area (Å²) in [7, 11) is 0. The van der Waals surface area contributed by atoms with Crippen LogP contribution in [0.3, 0.4) is 0 Å². The van der Waals surface area contributed by atoms with Gasteiger partial charge in [0.2, 0.25) is 0 Å². The second-order valence-electron chi connectivity index (χ2n) is 5.69. The van der Waals surface area contributed by atoms with Gasteiger partial charge in [0.05, 0.1) is 17.6 Å². The molecule has 1 unspecified atom stereocenters. The summed E-state index contributed by atoms with van der Waals surface area (Å²) in [6, 6.07) is 7.40. The molecule has 1 aliphatic rings. The molecule has 20 heavy (non-hydrogen) atoms. The van der Waals surface area contributed by atoms with Gasteiger partial charge in [-0.1, -0.05) is 42.6 Å². The molecule has 108 valence electrons. The maximum Gasteiger partial charge on any atom is 0.0990 e. The van der Waals surface area contributed by atoms with Crippen molar-refractivity contribution in [2.24, 2.45) is 11.3 Å². The quantitative estimate of drug-likeness (QED) is 0.840. The van der Waals surface area contributed by atoms with Gasteiger partial charge in [-0.3, -0.25) is 0 Å². The highest BCUT2D eigenvalue weighted by Crippen LogP contribution is 2.49. The Kier molecular flexibility index (Phi) is 4.96. The van der Waals surface area contributed by atoms with Crippen LogP contribution in [0.15, 0.2) is 18.2 Å². The Morgan fingerprint density at radius 1 is 1.40 bits per heavy atom. The molecular formula is C16H19Cl2NO. The Hall–Kier alpha value is -0.750. The number of hydrogen-bond donors (Lipinski definition) is 1. The van der Waals surface area contributed by atoms with Crippen LogP contribution in [0.2, 0.25) is 10.0 Å². The molecule has 0 aromatic heterocycles. The number of benzene rings is 1. The minimum atomic E-state index is -0.852. The van der Waals surface area contributed by atoms with Crippen LogP contribution < -0.4 is 0 Å². The van der Waals surface area contributed by atoms with Gasteiger partial charge in [-0.05, 0) is 43.7 Å². The van der Waals surface area contributed by atoms with E-state index >= 15 is 0 Å². The van der Waals surface area contributed by atoms with Gasteiger partial charge < -0.3 is 5.11 Å². The average Bonchev–Trinajstić information content (AvgIpc) is 2.46. The summed E-state index contributed by atoms with van der Waals surface area (Å²) in [5.74, 6) is 0.671. The summed E-state index contributed by atoms with van der Waals surface area (Å²) in [6.07, 6.45) is 3.72. The Bertz CT molecular complexity index is 516. The minimum absolute atomic E-state index is 0.428. The summed E-state index contributed by atoms with van der Waals surface area (Å²) in [5, 5.41) is 21.2. The number of aliphatic hydroxyl groups is 1. The Balaban J connectivity index is 2.26. The maximum atomic E-state index is 10.7. The molecule has 0 spiro atoms. The van der Waals surface area contributed by atoms with Gasteiger partial charge in [0.25, 0.3) is 0 Å². The molecule has 1 aromatic rings. The zero-order valence-corrected chi connectivity index (χ0v) is 13.1. The maximum absolute atomic E-state index is 10.7. The third-order valence-electron chi connectivity index (χ3n) is 4.58. The van der Waals surface area contributed by atoms with Crippen molar-refractivity contribution in [3.63, 3.8) is 0 Å². The molecule has 4 heteroatoms. The normalized spacial score (nSPS) is 27.9. The molecule has 1 aliphatic carbocycles. The van der Waals surface area contributed by atoms with Crippen LogP contribution in [-0.4, -0.2) is 5.11 Å². The number of rotatable bonds is 3. The zero-order chi connectivity index (χ0) is 14.8. The van der Waals surface area contributed by atoms with E-state index in [1.807, 2.05) is 0 Å². The van der Waals surface area contributed by atoms with E-state index < -0.39 is 11.5 Å². The van der Waals surface area contributed by atoms with E-state index in [1.165, 1.54) is 0 Å². The van der Waals surface area contributed by atoms with Crippen molar-refractivity contribution >= 4 is 23.2 Å². The molecule has 1 fully saturated rings. The lowest BCUT2D eigenvalue weighted by Gasteiger charge is -2.38. The predicted octanol–water partition coefficient (Wildman–Crippen LogP) is 5.14. The van der Waals surface area contributed by atoms with Gasteiger partial charge in [0.1, 0.15) is 0 Å². The third-order valence-corrected chi connectivity index (χ3v) is 5.14. The summed E-state index contributed by atoms with van der Waals surface area (Å²) in [6.45, 7) is 2.18. The zero-order valence-electron chi connectivity index (χ0n) is 11.6. The lowest BCUT2D eigenvalue weighted by molar-refractivity contribution is 0.0243. The molecule has 1 atom stereocenters. The van der Waals surface area contributed by atoms with Crippen molar-refractivity contribution in [1.82, 2.24) is 0 Å². The molecule has 0 bridgehead atoms. The summed E-state index contributed by atoms with van der Waals surface area (Å²) in [5.41, 5.74) is -0.115. The van der Waals surface area contributed by atoms with E-state index in [1.54, 1.807) is 18.2 Å². The fourth-order valence-corrected chi connectivity index (χ4v) is 3.58. The molecule has 0 aliphatic heterocycles. The summed E-state index contributed by atoms with van der Waals surface area (Å²) >= 11 is 12.0. The van der Waals surface area contributed by atoms with Crippen LogP contribution >= 0.6 is 23.2 Å². The second-order valence-corrected chi connectivity index (χ2v) is 6.53. The largest absolute Gasteiger partial charge is 0.387 e. The lowest BCUT2D eigenvalue weighted by Crippen LogP contribution is -2.32. The Labute approximate surface area is 130 Å². The molecule has 0 radical (unpaired) electrons. The summed E-state index contributed by atoms with van der Waals surface area (Å²) < 4.78 is 0. The van der Waals surface area contributed by atoms with Gasteiger partial charge in [-0.15, -0.1) is 0 Å². The molecule has 2 nitrogen and oxygen atoms in total. The van der Waals surface area contributed by atoms with Crippen molar-refractivity contribution in [1.29, 1.82) is 5.26 Å². The highest BCUT2D eigenvalue weighted by molar-refractivity contribution is 6.35. The van der Waals surface area contributed by atoms with Crippen LogP contribution in [0.1, 0.15) is 50.7 Å². The Morgan fingerprint density at radius 2 is 2.05 bits per heavy atom. The Morgan fingerprint density at radius 3 is 2.55 bits per heavy atom. The SMILES string of the molecule is CCC1CCC(C#N)(C(O)c2ccc(Cl)cc2Cl)CC1. The van der Waals surface area contributed by atoms with Crippen molar-refractivity contribution in [2.75, 3.05) is 0 Å². The van der Waals surface area contributed by atoms with E-state index in [9.17, 15) is 10.4 Å². The van der Waals surface area contributed by atoms with Gasteiger partial charge in [-0.25, -0.2) is 0 Å². The van der Waals surface area contributed by atoms with Crippen LogP contribution in [0.5, 0.6) is 0 Å². The predicted molar refractivity (Wildman–Crippen MR) is 81.7 cm³/mol.